The molecule has 0 radical (unpaired) electrons. The Balaban J connectivity index is 1.51. The Labute approximate surface area is 187 Å². The predicted molar refractivity (Wildman–Crippen MR) is 127 cm³/mol. The molecule has 0 bridgehead atoms. The summed E-state index contributed by atoms with van der Waals surface area (Å²) in [5.74, 6) is 0.198. The highest BCUT2D eigenvalue weighted by Crippen LogP contribution is 2.24. The fourth-order valence-corrected chi connectivity index (χ4v) is 3.48. The Morgan fingerprint density at radius 3 is 2.44 bits per heavy atom. The monoisotopic (exact) mass is 418 g/mol. The maximum atomic E-state index is 12.5. The molecule has 32 heavy (non-hydrogen) atoms. The van der Waals surface area contributed by atoms with Gasteiger partial charge in [-0.2, -0.15) is 5.26 Å². The van der Waals surface area contributed by atoms with Gasteiger partial charge in [0, 0.05) is 12.1 Å². The van der Waals surface area contributed by atoms with Crippen LogP contribution in [0.2, 0.25) is 0 Å². The van der Waals surface area contributed by atoms with Gasteiger partial charge in [-0.25, -0.2) is 0 Å². The molecular weight excluding hydrogens is 396 g/mol. The Bertz CT molecular complexity index is 1300. The van der Waals surface area contributed by atoms with Crippen molar-refractivity contribution in [3.05, 3.63) is 119 Å². The number of hydrogen-bond donors (Lipinski definition) is 1. The van der Waals surface area contributed by atoms with Crippen molar-refractivity contribution in [2.45, 2.75) is 13.2 Å². The van der Waals surface area contributed by atoms with Gasteiger partial charge < -0.3 is 10.1 Å². The first-order valence-electron chi connectivity index (χ1n) is 10.4. The maximum Gasteiger partial charge on any atom is 0.262 e. The molecule has 0 aliphatic rings. The first kappa shape index (κ1) is 20.9. The van der Waals surface area contributed by atoms with E-state index in [1.54, 1.807) is 6.08 Å². The van der Waals surface area contributed by atoms with Crippen LogP contribution in [0.25, 0.3) is 16.8 Å². The van der Waals surface area contributed by atoms with Crippen molar-refractivity contribution in [2.75, 3.05) is 0 Å². The highest BCUT2D eigenvalue weighted by atomic mass is 16.5. The first-order valence-corrected chi connectivity index (χ1v) is 10.4. The molecule has 0 atom stereocenters. The van der Waals surface area contributed by atoms with Crippen LogP contribution in [-0.4, -0.2) is 5.91 Å². The van der Waals surface area contributed by atoms with E-state index in [4.69, 9.17) is 4.74 Å². The number of fused-ring (bicyclic) bond motifs is 1. The predicted octanol–water partition coefficient (Wildman–Crippen LogP) is 5.64. The van der Waals surface area contributed by atoms with Gasteiger partial charge in [-0.05, 0) is 34.0 Å². The molecule has 1 amide bonds. The molecule has 0 unspecified atom stereocenters. The summed E-state index contributed by atoms with van der Waals surface area (Å²) in [6, 6.07) is 33.3. The summed E-state index contributed by atoms with van der Waals surface area (Å²) in [7, 11) is 0. The van der Waals surface area contributed by atoms with Gasteiger partial charge in [0.05, 0.1) is 0 Å². The summed E-state index contributed by atoms with van der Waals surface area (Å²) in [5, 5.41) is 14.6. The standard InChI is InChI=1S/C28H22N2O2/c29-18-25(28(31)30-19-21-9-2-1-3-10-21)17-23-12-5-7-16-27(23)32-20-24-14-8-13-22-11-4-6-15-26(22)24/h1-17H,19-20H2,(H,30,31). The molecule has 4 aromatic rings. The molecule has 156 valence electrons. The molecule has 0 heterocycles. The largest absolute Gasteiger partial charge is 0.488 e. The number of nitriles is 1. The molecule has 1 N–H and O–H groups in total. The Morgan fingerprint density at radius 2 is 1.59 bits per heavy atom. The molecule has 4 aromatic carbocycles. The van der Waals surface area contributed by atoms with Crippen LogP contribution in [0.4, 0.5) is 0 Å². The van der Waals surface area contributed by atoms with Gasteiger partial charge >= 0.3 is 0 Å². The summed E-state index contributed by atoms with van der Waals surface area (Å²) >= 11 is 0. The molecule has 0 saturated heterocycles. The third-order valence-corrected chi connectivity index (χ3v) is 5.14. The van der Waals surface area contributed by atoms with E-state index in [-0.39, 0.29) is 5.57 Å². The minimum absolute atomic E-state index is 0.0298. The lowest BCUT2D eigenvalue weighted by molar-refractivity contribution is -0.117. The normalized spacial score (nSPS) is 11.0. The summed E-state index contributed by atoms with van der Waals surface area (Å²) in [5.41, 5.74) is 2.75. The fourth-order valence-electron chi connectivity index (χ4n) is 3.48. The van der Waals surface area contributed by atoms with Crippen LogP contribution in [-0.2, 0) is 17.9 Å². The second kappa shape index (κ2) is 10.1. The van der Waals surface area contributed by atoms with Crippen LogP contribution >= 0.6 is 0 Å². The van der Waals surface area contributed by atoms with E-state index >= 15 is 0 Å². The number of carbonyl (C=O) groups excluding carboxylic acids is 1. The van der Waals surface area contributed by atoms with E-state index in [2.05, 4.69) is 23.5 Å². The van der Waals surface area contributed by atoms with Crippen LogP contribution in [0.15, 0.2) is 103 Å². The van der Waals surface area contributed by atoms with Crippen LogP contribution in [0.1, 0.15) is 16.7 Å². The smallest absolute Gasteiger partial charge is 0.262 e. The summed E-state index contributed by atoms with van der Waals surface area (Å²) in [6.45, 7) is 0.742. The molecule has 0 spiro atoms. The quantitative estimate of drug-likeness (QED) is 0.312. The third-order valence-electron chi connectivity index (χ3n) is 5.14. The molecular formula is C28H22N2O2. The lowest BCUT2D eigenvalue weighted by Crippen LogP contribution is -2.23. The van der Waals surface area contributed by atoms with E-state index in [1.807, 2.05) is 84.9 Å². The number of carbonyl (C=O) groups is 1. The van der Waals surface area contributed by atoms with Gasteiger partial charge in [-0.15, -0.1) is 0 Å². The molecule has 0 fully saturated rings. The van der Waals surface area contributed by atoms with Crippen molar-refractivity contribution >= 4 is 22.8 Å². The summed E-state index contributed by atoms with van der Waals surface area (Å²) < 4.78 is 6.10. The van der Waals surface area contributed by atoms with E-state index in [0.29, 0.717) is 24.5 Å². The Morgan fingerprint density at radius 1 is 0.875 bits per heavy atom. The van der Waals surface area contributed by atoms with Crippen LogP contribution in [0.5, 0.6) is 5.75 Å². The topological polar surface area (TPSA) is 62.1 Å². The molecule has 4 rings (SSSR count). The van der Waals surface area contributed by atoms with Gasteiger partial charge in [0.15, 0.2) is 0 Å². The minimum Gasteiger partial charge on any atom is -0.488 e. The van der Waals surface area contributed by atoms with Crippen LogP contribution < -0.4 is 10.1 Å². The SMILES string of the molecule is N#CC(=Cc1ccccc1OCc1cccc2ccccc12)C(=O)NCc1ccccc1. The zero-order valence-corrected chi connectivity index (χ0v) is 17.5. The zero-order valence-electron chi connectivity index (χ0n) is 17.5. The Kier molecular flexibility index (Phi) is 6.60. The van der Waals surface area contributed by atoms with Gasteiger partial charge in [-0.3, -0.25) is 4.79 Å². The maximum absolute atomic E-state index is 12.5. The molecule has 0 aromatic heterocycles. The van der Waals surface area contributed by atoms with Crippen molar-refractivity contribution in [1.29, 1.82) is 5.26 Å². The van der Waals surface area contributed by atoms with Crippen molar-refractivity contribution in [3.8, 4) is 11.8 Å². The van der Waals surface area contributed by atoms with Crippen LogP contribution in [0.3, 0.4) is 0 Å². The van der Waals surface area contributed by atoms with Crippen molar-refractivity contribution in [2.24, 2.45) is 0 Å². The highest BCUT2D eigenvalue weighted by Gasteiger charge is 2.11. The van der Waals surface area contributed by atoms with E-state index in [0.717, 1.165) is 21.9 Å². The second-order valence-electron chi connectivity index (χ2n) is 7.30. The number of amides is 1. The number of hydrogen-bond acceptors (Lipinski definition) is 3. The summed E-state index contributed by atoms with van der Waals surface area (Å²) in [4.78, 5) is 12.5. The lowest BCUT2D eigenvalue weighted by atomic mass is 10.1. The fraction of sp³-hybridized carbons (Fsp3) is 0.0714. The second-order valence-corrected chi connectivity index (χ2v) is 7.30. The minimum atomic E-state index is -0.416. The average Bonchev–Trinajstić information content (AvgIpc) is 2.85. The molecule has 4 nitrogen and oxygen atoms in total. The number of para-hydroxylation sites is 1. The Hall–Kier alpha value is -4.36. The van der Waals surface area contributed by atoms with Gasteiger partial charge in [-0.1, -0.05) is 91.0 Å². The van der Waals surface area contributed by atoms with Crippen molar-refractivity contribution in [1.82, 2.24) is 5.32 Å². The van der Waals surface area contributed by atoms with Crippen molar-refractivity contribution < 1.29 is 9.53 Å². The molecule has 0 aliphatic heterocycles. The lowest BCUT2D eigenvalue weighted by Gasteiger charge is -2.12. The number of nitrogens with one attached hydrogen (secondary N) is 1. The first-order chi connectivity index (χ1) is 15.7. The number of nitrogens with zero attached hydrogens (tertiary/aromatic N) is 1. The number of ether oxygens (including phenoxy) is 1. The highest BCUT2D eigenvalue weighted by molar-refractivity contribution is 6.01. The van der Waals surface area contributed by atoms with Crippen LogP contribution in [0, 0.1) is 11.3 Å². The molecule has 0 saturated carbocycles. The summed E-state index contributed by atoms with van der Waals surface area (Å²) in [6.07, 6.45) is 1.57. The van der Waals surface area contributed by atoms with E-state index < -0.39 is 5.91 Å². The van der Waals surface area contributed by atoms with Gasteiger partial charge in [0.25, 0.3) is 5.91 Å². The molecule has 0 aliphatic carbocycles. The third kappa shape index (κ3) is 5.03. The zero-order chi connectivity index (χ0) is 22.2. The molecule has 4 heteroatoms. The van der Waals surface area contributed by atoms with Crippen molar-refractivity contribution in [3.63, 3.8) is 0 Å². The number of benzene rings is 4. The number of rotatable bonds is 7. The average molecular weight is 418 g/mol. The van der Waals surface area contributed by atoms with Gasteiger partial charge in [0.1, 0.15) is 24.0 Å². The van der Waals surface area contributed by atoms with E-state index in [9.17, 15) is 10.1 Å². The van der Waals surface area contributed by atoms with Gasteiger partial charge in [0.2, 0.25) is 0 Å². The van der Waals surface area contributed by atoms with E-state index in [1.165, 1.54) is 0 Å².